The minimum Gasteiger partial charge on any atom is -0.494 e. The number of benzene rings is 1. The zero-order chi connectivity index (χ0) is 14.3. The second-order valence-corrected chi connectivity index (χ2v) is 3.63. The number of alkyl carbamates (subject to hydrolysis) is 1. The topological polar surface area (TPSA) is 47.6 Å². The number of nitrogens with one attached hydrogen (secondary N) is 1. The smallest absolute Gasteiger partial charge is 0.422 e. The normalized spacial score (nSPS) is 10.9. The lowest BCUT2D eigenvalue weighted by Crippen LogP contribution is -2.28. The second kappa shape index (κ2) is 6.86. The van der Waals surface area contributed by atoms with Crippen molar-refractivity contribution in [1.29, 1.82) is 0 Å². The summed E-state index contributed by atoms with van der Waals surface area (Å²) in [5, 5.41) is 2.22. The Hall–Kier alpha value is -1.92. The molecule has 0 atom stereocenters. The summed E-state index contributed by atoms with van der Waals surface area (Å²) in [4.78, 5) is 11.0. The van der Waals surface area contributed by atoms with Crippen LogP contribution in [0.5, 0.6) is 5.75 Å². The molecule has 0 aromatic heterocycles. The van der Waals surface area contributed by atoms with Crippen molar-refractivity contribution in [2.45, 2.75) is 19.6 Å². The lowest BCUT2D eigenvalue weighted by molar-refractivity contribution is -0.160. The Kier molecular flexibility index (Phi) is 5.47. The zero-order valence-electron chi connectivity index (χ0n) is 10.3. The van der Waals surface area contributed by atoms with Crippen LogP contribution in [0.4, 0.5) is 18.0 Å². The lowest BCUT2D eigenvalue weighted by Gasteiger charge is -2.10. The summed E-state index contributed by atoms with van der Waals surface area (Å²) in [7, 11) is 0. The Bertz CT molecular complexity index is 421. The van der Waals surface area contributed by atoms with Crippen molar-refractivity contribution >= 4 is 6.09 Å². The van der Waals surface area contributed by atoms with Gasteiger partial charge in [0.25, 0.3) is 0 Å². The van der Waals surface area contributed by atoms with Crippen LogP contribution < -0.4 is 10.1 Å². The number of hydrogen-bond donors (Lipinski definition) is 1. The third-order valence-corrected chi connectivity index (χ3v) is 2.01. The molecule has 1 rings (SSSR count). The van der Waals surface area contributed by atoms with E-state index in [1.165, 1.54) is 0 Å². The largest absolute Gasteiger partial charge is 0.494 e. The van der Waals surface area contributed by atoms with E-state index in [2.05, 4.69) is 10.1 Å². The minimum absolute atomic E-state index is 0.0671. The molecule has 7 heteroatoms. The fourth-order valence-electron chi connectivity index (χ4n) is 1.28. The van der Waals surface area contributed by atoms with Crippen LogP contribution >= 0.6 is 0 Å². The Morgan fingerprint density at radius 3 is 2.74 bits per heavy atom. The van der Waals surface area contributed by atoms with E-state index in [0.717, 1.165) is 0 Å². The van der Waals surface area contributed by atoms with E-state index in [4.69, 9.17) is 4.74 Å². The Morgan fingerprint density at radius 2 is 2.11 bits per heavy atom. The van der Waals surface area contributed by atoms with Crippen LogP contribution in [0, 0.1) is 0 Å². The molecule has 0 saturated carbocycles. The number of carbonyl (C=O) groups is 1. The van der Waals surface area contributed by atoms with Crippen molar-refractivity contribution in [3.63, 3.8) is 0 Å². The maximum absolute atomic E-state index is 11.8. The third kappa shape index (κ3) is 6.54. The van der Waals surface area contributed by atoms with Gasteiger partial charge in [-0.15, -0.1) is 0 Å². The number of amides is 1. The van der Waals surface area contributed by atoms with Crippen molar-refractivity contribution < 1.29 is 27.4 Å². The maximum Gasteiger partial charge on any atom is 0.422 e. The molecule has 1 amide bonds. The van der Waals surface area contributed by atoms with Gasteiger partial charge in [-0.3, -0.25) is 0 Å². The first-order valence-corrected chi connectivity index (χ1v) is 5.60. The number of halogens is 3. The summed E-state index contributed by atoms with van der Waals surface area (Å²) in [5.74, 6) is 0.630. The molecule has 106 valence electrons. The molecule has 0 fully saturated rings. The van der Waals surface area contributed by atoms with Crippen molar-refractivity contribution in [1.82, 2.24) is 5.32 Å². The fourth-order valence-corrected chi connectivity index (χ4v) is 1.28. The van der Waals surface area contributed by atoms with Crippen LogP contribution in [0.25, 0.3) is 0 Å². The minimum atomic E-state index is -4.52. The molecule has 19 heavy (non-hydrogen) atoms. The van der Waals surface area contributed by atoms with Gasteiger partial charge in [0.05, 0.1) is 6.61 Å². The monoisotopic (exact) mass is 277 g/mol. The summed E-state index contributed by atoms with van der Waals surface area (Å²) >= 11 is 0. The number of carbonyl (C=O) groups excluding carboxylic acids is 1. The highest BCUT2D eigenvalue weighted by Crippen LogP contribution is 2.15. The van der Waals surface area contributed by atoms with Crippen LogP contribution in [0.1, 0.15) is 12.5 Å². The molecule has 0 aliphatic carbocycles. The van der Waals surface area contributed by atoms with E-state index in [0.29, 0.717) is 17.9 Å². The van der Waals surface area contributed by atoms with Gasteiger partial charge in [0.2, 0.25) is 0 Å². The molecular formula is C12H14F3NO3. The summed E-state index contributed by atoms with van der Waals surface area (Å²) in [6, 6.07) is 6.87. The standard InChI is InChI=1S/C12H14F3NO3/c1-2-18-10-5-3-4-9(6-10)7-16-11(17)19-8-12(13,14)15/h3-6H,2,7-8H2,1H3,(H,16,17). The third-order valence-electron chi connectivity index (χ3n) is 2.01. The van der Waals surface area contributed by atoms with Gasteiger partial charge < -0.3 is 14.8 Å². The van der Waals surface area contributed by atoms with Crippen LogP contribution in [0.3, 0.4) is 0 Å². The van der Waals surface area contributed by atoms with Crippen molar-refractivity contribution in [2.24, 2.45) is 0 Å². The average Bonchev–Trinajstić information content (AvgIpc) is 2.34. The highest BCUT2D eigenvalue weighted by atomic mass is 19.4. The molecule has 0 bridgehead atoms. The van der Waals surface area contributed by atoms with E-state index in [1.807, 2.05) is 6.92 Å². The van der Waals surface area contributed by atoms with Crippen molar-refractivity contribution in [3.8, 4) is 5.75 Å². The van der Waals surface area contributed by atoms with Gasteiger partial charge in [0.15, 0.2) is 6.61 Å². The van der Waals surface area contributed by atoms with Gasteiger partial charge in [0, 0.05) is 6.54 Å². The van der Waals surface area contributed by atoms with Gasteiger partial charge in [-0.1, -0.05) is 12.1 Å². The molecule has 1 aromatic rings. The number of rotatable bonds is 5. The average molecular weight is 277 g/mol. The molecule has 1 N–H and O–H groups in total. The van der Waals surface area contributed by atoms with Crippen LogP contribution in [-0.4, -0.2) is 25.5 Å². The first kappa shape index (κ1) is 15.1. The molecule has 0 radical (unpaired) electrons. The Morgan fingerprint density at radius 1 is 1.37 bits per heavy atom. The van der Waals surface area contributed by atoms with E-state index < -0.39 is 18.9 Å². The molecular weight excluding hydrogens is 263 g/mol. The number of ether oxygens (including phenoxy) is 2. The lowest BCUT2D eigenvalue weighted by atomic mass is 10.2. The van der Waals surface area contributed by atoms with Crippen LogP contribution in [0.2, 0.25) is 0 Å². The molecule has 0 aliphatic rings. The molecule has 1 aromatic carbocycles. The van der Waals surface area contributed by atoms with E-state index >= 15 is 0 Å². The predicted octanol–water partition coefficient (Wildman–Crippen LogP) is 2.87. The maximum atomic E-state index is 11.8. The Balaban J connectivity index is 2.39. The van der Waals surface area contributed by atoms with E-state index in [1.54, 1.807) is 24.3 Å². The summed E-state index contributed by atoms with van der Waals surface area (Å²) in [6.07, 6.45) is -5.63. The zero-order valence-corrected chi connectivity index (χ0v) is 10.3. The number of hydrogen-bond acceptors (Lipinski definition) is 3. The summed E-state index contributed by atoms with van der Waals surface area (Å²) < 4.78 is 44.6. The highest BCUT2D eigenvalue weighted by molar-refractivity contribution is 5.67. The summed E-state index contributed by atoms with van der Waals surface area (Å²) in [5.41, 5.74) is 0.704. The van der Waals surface area contributed by atoms with Crippen LogP contribution in [-0.2, 0) is 11.3 Å². The fraction of sp³-hybridized carbons (Fsp3) is 0.417. The first-order chi connectivity index (χ1) is 8.90. The molecule has 0 unspecified atom stereocenters. The quantitative estimate of drug-likeness (QED) is 0.900. The van der Waals surface area contributed by atoms with Gasteiger partial charge in [-0.2, -0.15) is 13.2 Å². The molecule has 0 spiro atoms. The van der Waals surface area contributed by atoms with Gasteiger partial charge >= 0.3 is 12.3 Å². The second-order valence-electron chi connectivity index (χ2n) is 3.63. The predicted molar refractivity (Wildman–Crippen MR) is 61.9 cm³/mol. The number of alkyl halides is 3. The van der Waals surface area contributed by atoms with Crippen molar-refractivity contribution in [2.75, 3.05) is 13.2 Å². The van der Waals surface area contributed by atoms with Gasteiger partial charge in [-0.25, -0.2) is 4.79 Å². The molecule has 0 heterocycles. The van der Waals surface area contributed by atoms with Gasteiger partial charge in [-0.05, 0) is 24.6 Å². The molecule has 4 nitrogen and oxygen atoms in total. The van der Waals surface area contributed by atoms with Gasteiger partial charge in [0.1, 0.15) is 5.75 Å². The SMILES string of the molecule is CCOc1cccc(CNC(=O)OCC(F)(F)F)c1. The Labute approximate surface area is 108 Å². The van der Waals surface area contributed by atoms with Crippen LogP contribution in [0.15, 0.2) is 24.3 Å². The molecule has 0 aliphatic heterocycles. The first-order valence-electron chi connectivity index (χ1n) is 5.60. The van der Waals surface area contributed by atoms with Crippen molar-refractivity contribution in [3.05, 3.63) is 29.8 Å². The van der Waals surface area contributed by atoms with E-state index in [-0.39, 0.29) is 6.54 Å². The summed E-state index contributed by atoms with van der Waals surface area (Å²) in [6.45, 7) is 0.805. The van der Waals surface area contributed by atoms with E-state index in [9.17, 15) is 18.0 Å². The molecule has 0 saturated heterocycles. The highest BCUT2D eigenvalue weighted by Gasteiger charge is 2.29.